The molecule has 25 nitrogen and oxygen atoms in total. The molecule has 10 aromatic carbocycles. The van der Waals surface area contributed by atoms with Crippen molar-refractivity contribution >= 4 is 0 Å². The number of hydrogen-bond acceptors (Lipinski definition) is 25. The van der Waals surface area contributed by atoms with Gasteiger partial charge in [0.2, 0.25) is 0 Å². The molecular formula is C125H185N5O20. The van der Waals surface area contributed by atoms with E-state index in [0.29, 0.717) is 96.3 Å². The van der Waals surface area contributed by atoms with E-state index in [0.717, 1.165) is 46.8 Å². The van der Waals surface area contributed by atoms with Gasteiger partial charge in [0.1, 0.15) is 28.7 Å². The average molecular weight is 2150 g/mol. The Morgan fingerprint density at radius 3 is 0.773 bits per heavy atom. The molecule has 5 atom stereocenters. The van der Waals surface area contributed by atoms with Gasteiger partial charge in [-0.3, -0.25) is 0 Å². The van der Waals surface area contributed by atoms with Crippen molar-refractivity contribution in [2.45, 2.75) is 288 Å². The second-order valence-corrected chi connectivity index (χ2v) is 31.5. The summed E-state index contributed by atoms with van der Waals surface area (Å²) < 4.78 is 586. The zero-order chi connectivity index (χ0) is 170. The first-order valence-corrected chi connectivity index (χ1v) is 48.2. The van der Waals surface area contributed by atoms with E-state index in [9.17, 15) is 76.6 Å². The van der Waals surface area contributed by atoms with Crippen molar-refractivity contribution in [2.24, 2.45) is 0 Å². The van der Waals surface area contributed by atoms with Gasteiger partial charge in [0.15, 0.2) is 0 Å². The van der Waals surface area contributed by atoms with Crippen LogP contribution in [0, 0.1) is 0 Å². The number of aromatic hydroxyl groups is 5. The maximum Gasteiger partial charge on any atom is 0.121 e. The van der Waals surface area contributed by atoms with Gasteiger partial charge in [0, 0.05) is 167 Å². The number of hydrogen-bond donors (Lipinski definition) is 20. The second kappa shape index (κ2) is 86.8. The lowest BCUT2D eigenvalue weighted by Crippen LogP contribution is -2.22. The van der Waals surface area contributed by atoms with Crippen LogP contribution in [0.15, 0.2) is 242 Å². The lowest BCUT2D eigenvalue weighted by molar-refractivity contribution is 0.126. The Labute approximate surface area is 994 Å². The first-order valence-electron chi connectivity index (χ1n) is 83.2. The molecule has 0 radical (unpaired) electrons. The topological polar surface area (TPSA) is 410 Å². The molecule has 0 amide bonds. The third kappa shape index (κ3) is 61.9. The van der Waals surface area contributed by atoms with Gasteiger partial charge in [-0.25, -0.2) is 0 Å². The van der Waals surface area contributed by atoms with Crippen molar-refractivity contribution in [3.05, 3.63) is 326 Å². The molecule has 0 aromatic heterocycles. The van der Waals surface area contributed by atoms with Gasteiger partial charge < -0.3 is 127 Å². The van der Waals surface area contributed by atoms with E-state index in [1.807, 2.05) is 144 Å². The number of benzene rings is 10. The van der Waals surface area contributed by atoms with E-state index >= 15 is 0 Å². The van der Waals surface area contributed by atoms with Crippen LogP contribution in [0.1, 0.15) is 402 Å². The summed E-state index contributed by atoms with van der Waals surface area (Å²) in [5.74, 6) is -6.68. The van der Waals surface area contributed by atoms with Gasteiger partial charge in [-0.15, -0.1) is 0 Å². The minimum absolute atomic E-state index is 0.0183. The van der Waals surface area contributed by atoms with E-state index in [2.05, 4.69) is 5.32 Å². The van der Waals surface area contributed by atoms with Crippen LogP contribution in [0.2, 0.25) is 0 Å². The van der Waals surface area contributed by atoms with Crippen LogP contribution in [0.3, 0.4) is 0 Å². The van der Waals surface area contributed by atoms with Crippen molar-refractivity contribution in [2.75, 3.05) is 131 Å². The van der Waals surface area contributed by atoms with Gasteiger partial charge in [0.05, 0.1) is 118 Å². The number of ether oxygens (including phenoxy) is 5. The Balaban J connectivity index is 0.000000412. The minimum Gasteiger partial charge on any atom is -0.508 e. The predicted octanol–water partition coefficient (Wildman–Crippen LogP) is 20.5. The lowest BCUT2D eigenvalue weighted by atomic mass is 10.1. The summed E-state index contributed by atoms with van der Waals surface area (Å²) in [6, 6.07) is 28.7. The molecular weight excluding hydrogens is 1890 g/mol. The van der Waals surface area contributed by atoms with E-state index in [1.165, 1.54) is 10.9 Å². The number of phenols is 5. The summed E-state index contributed by atoms with van der Waals surface area (Å²) in [6.45, 7) is -60.4. The fourth-order valence-corrected chi connectivity index (χ4v) is 12.2. The van der Waals surface area contributed by atoms with Crippen LogP contribution < -0.4 is 26.6 Å². The van der Waals surface area contributed by atoms with E-state index in [1.54, 1.807) is 18.2 Å². The maximum atomic E-state index is 10.9. The number of rotatable bonds is 80. The zero-order valence-corrected chi connectivity index (χ0v) is 82.9. The summed E-state index contributed by atoms with van der Waals surface area (Å²) in [7, 11) is 0. The Morgan fingerprint density at radius 2 is 0.460 bits per heavy atom. The van der Waals surface area contributed by atoms with Crippen LogP contribution in [-0.4, -0.2) is 207 Å². The van der Waals surface area contributed by atoms with Crippen molar-refractivity contribution < 1.29 is 196 Å². The molecule has 0 fully saturated rings. The lowest BCUT2D eigenvalue weighted by Gasteiger charge is -2.14. The Morgan fingerprint density at radius 1 is 0.227 bits per heavy atom. The molecule has 0 spiro atoms. The summed E-state index contributed by atoms with van der Waals surface area (Å²) in [4.78, 5) is 0. The molecule has 0 bridgehead atoms. The van der Waals surface area contributed by atoms with Gasteiger partial charge in [-0.05, 0) is 309 Å². The normalized spacial score (nSPS) is 22.5. The average Bonchev–Trinajstić information content (AvgIpc) is 0.696. The fraction of sp³-hybridized carbons (Fsp3) is 0.520. The number of aliphatic hydroxyl groups is 10. The van der Waals surface area contributed by atoms with Crippen molar-refractivity contribution in [1.29, 1.82) is 0 Å². The molecule has 0 aliphatic carbocycles. The van der Waals surface area contributed by atoms with Crippen LogP contribution in [-0.2, 0) is 88.6 Å². The largest absolute Gasteiger partial charge is 0.508 e. The molecule has 25 heteroatoms. The van der Waals surface area contributed by atoms with Crippen LogP contribution >= 0.6 is 0 Å². The Kier molecular flexibility index (Phi) is 34.0. The highest BCUT2D eigenvalue weighted by atomic mass is 16.5. The van der Waals surface area contributed by atoms with Crippen molar-refractivity contribution in [3.8, 4) is 28.7 Å². The summed E-state index contributed by atoms with van der Waals surface area (Å²) in [5, 5.41) is 161. The number of unbranched alkanes of at least 4 members (excludes halogenated alkanes) is 9. The third-order valence-corrected chi connectivity index (χ3v) is 20.0. The Bertz CT molecular complexity index is 8610. The molecule has 830 valence electrons. The maximum absolute atomic E-state index is 10.9. The van der Waals surface area contributed by atoms with Gasteiger partial charge >= 0.3 is 0 Å². The molecule has 0 aliphatic heterocycles. The standard InChI is InChI=1S/5C25H37NO4/c5*27-20-23-18-22(13-14-24(23)28)25(29)19-26-15-7-1-2-8-16-30-17-9-6-12-21-10-4-3-5-11-21/h5*3-5,10-11,13-14,18,25-29H,1-2,6-9,12,15-17,19-20H2/i1D2,2D2,7D2,8D2,13D,14D,15D2,16D2,18D,19D2,20D2,25D;7D2,8D2,13D,14D,15D2,16D2,18D,19D2,20D2,25D;13D,14D,15D2,17D2,18D,19D2,20D2,25D;13D,14D,15D2,16D2,18D,19D2,20D2,25D;13D,14D,17D2,18D,19D2,20D2,25D. The second-order valence-electron chi connectivity index (χ2n) is 31.5. The first-order chi connectivity index (χ1) is 99.5. The highest BCUT2D eigenvalue weighted by molar-refractivity contribution is 5.41. The minimum atomic E-state index is -4.44. The smallest absolute Gasteiger partial charge is 0.121 e. The van der Waals surface area contributed by atoms with Crippen LogP contribution in [0.25, 0.3) is 0 Å². The van der Waals surface area contributed by atoms with Gasteiger partial charge in [-0.1, -0.05) is 246 Å². The predicted molar refractivity (Wildman–Crippen MR) is 603 cm³/mol. The third-order valence-electron chi connectivity index (χ3n) is 20.0. The zero-order valence-electron chi connectivity index (χ0n) is 153. The van der Waals surface area contributed by atoms with Gasteiger partial charge in [-0.2, -0.15) is 0 Å². The number of nitrogens with one attached hydrogen (secondary N) is 5. The first kappa shape index (κ1) is 58.8. The molecule has 10 rings (SSSR count). The van der Waals surface area contributed by atoms with Gasteiger partial charge in [0.25, 0.3) is 0 Å². The fourth-order valence-electron chi connectivity index (χ4n) is 12.2. The SMILES string of the molecule is [2H]c1c([2H])c(C([2H])(O)C([2H])([2H])NC([2H])([2H])C([2H])([2H])C([2H])([2H])C([2H])([2H])C([2H])([2H])C([2H])([2H])OCCCCc2ccccc2)c([2H])c(C([2H])([2H])O)c1O.[2H]c1c([2H])c(C([2H])(O)C([2H])([2H])NC([2H])([2H])C([2H])([2H])CCC([2H])([2H])C([2H])([2H])OCCCCc2ccccc2)c([2H])c(C([2H])([2H])O)c1O.[2H]c1c([2H])c(C([2H])(O)C([2H])([2H])NC([2H])([2H])CCCCC([2H])([2H])OCCCCc2ccccc2)c([2H])c(C([2H])([2H])O)c1O.[2H]c1c([2H])c(C([2H])(O)C([2H])([2H])NC([2H])([2H])CCCCCOC([2H])([2H])CCCc2ccccc2)c([2H])c(C([2H])([2H])O)c1O.[2H]c1c([2H])c(C([2H])(O)C([2H])([2H])NCCCCCCOC([2H])([2H])CCCc2ccccc2)c([2H])c(C([2H])([2H])O)c1O. The summed E-state index contributed by atoms with van der Waals surface area (Å²) in [5.41, 5.74) is -7.77. The molecule has 0 saturated carbocycles. The van der Waals surface area contributed by atoms with Crippen molar-refractivity contribution in [1.82, 2.24) is 26.6 Å². The van der Waals surface area contributed by atoms with Crippen molar-refractivity contribution in [3.63, 3.8) is 0 Å². The van der Waals surface area contributed by atoms with E-state index in [-0.39, 0.29) is 90.8 Å². The van der Waals surface area contributed by atoms with E-state index in [4.69, 9.17) is 120 Å². The molecule has 0 saturated heterocycles. The molecule has 0 heterocycles. The molecule has 10 aromatic rings. The summed E-state index contributed by atoms with van der Waals surface area (Å²) >= 11 is 0. The van der Waals surface area contributed by atoms with Crippen LogP contribution in [0.4, 0.5) is 0 Å². The molecule has 20 N–H and O–H groups in total. The quantitative estimate of drug-likeness (QED) is 0.0157. The Hall–Kier alpha value is -9.60. The highest BCUT2D eigenvalue weighted by Gasteiger charge is 2.17. The van der Waals surface area contributed by atoms with Crippen LogP contribution in [0.5, 0.6) is 28.7 Å². The highest BCUT2D eigenvalue weighted by Crippen LogP contribution is 2.29. The number of aryl methyl sites for hydroxylation is 5. The monoisotopic (exact) mass is 2150 g/mol. The van der Waals surface area contributed by atoms with E-state index < -0.39 is 387 Å². The molecule has 0 aliphatic rings. The summed E-state index contributed by atoms with van der Waals surface area (Å²) in [6.07, 6.45) is -33.2. The molecule has 5 unspecified atom stereocenters. The molecule has 150 heavy (non-hydrogen) atoms.